The molecule has 0 atom stereocenters. The standard InChI is InChI=1S/3ClH.Cr.3O.Rh/h3*1H;;;;;/q;;;+6;3*-2;+3/p-3. The molecule has 0 saturated heterocycles. The van der Waals surface area contributed by atoms with E-state index >= 15 is 0 Å². The van der Waals surface area contributed by atoms with E-state index < -0.39 is 13.0 Å². The van der Waals surface area contributed by atoms with Crippen molar-refractivity contribution in [3.63, 3.8) is 0 Å². The van der Waals surface area contributed by atoms with Gasteiger partial charge in [0.2, 0.25) is 0 Å². The Hall–Kier alpha value is 1.91. The Kier molecular flexibility index (Phi) is 94.4. The summed E-state index contributed by atoms with van der Waals surface area (Å²) >= 11 is -1.66. The van der Waals surface area contributed by atoms with Gasteiger partial charge in [-0.05, 0) is 0 Å². The van der Waals surface area contributed by atoms with Crippen LogP contribution in [0, 0.1) is 0 Å². The molecule has 0 rings (SSSR count). The largest absolute Gasteiger partial charge is 6.00 e. The van der Waals surface area contributed by atoms with Crippen molar-refractivity contribution in [2.45, 2.75) is 0 Å². The van der Waals surface area contributed by atoms with Crippen LogP contribution >= 0.6 is 29.1 Å². The van der Waals surface area contributed by atoms with Gasteiger partial charge in [-0.25, -0.2) is 0 Å². The van der Waals surface area contributed by atoms with Crippen molar-refractivity contribution < 1.29 is 46.8 Å². The summed E-state index contributed by atoms with van der Waals surface area (Å²) in [4.78, 5) is 0. The van der Waals surface area contributed by atoms with Crippen LogP contribution in [0.15, 0.2) is 0 Å². The molecule has 0 N–H and O–H groups in total. The van der Waals surface area contributed by atoms with Gasteiger partial charge >= 0.3 is 59.4 Å². The minimum absolute atomic E-state index is 0. The summed E-state index contributed by atoms with van der Waals surface area (Å²) in [6.07, 6.45) is 0. The monoisotopic (exact) mass is 308 g/mol. The maximum absolute atomic E-state index is 4.94. The van der Waals surface area contributed by atoms with Crippen LogP contribution in [0.25, 0.3) is 0 Å². The first kappa shape index (κ1) is 32.6. The van der Waals surface area contributed by atoms with E-state index in [-0.39, 0.29) is 33.8 Å². The van der Waals surface area contributed by atoms with Crippen molar-refractivity contribution in [3.05, 3.63) is 0 Å². The second-order valence-electron chi connectivity index (χ2n) is 0.143. The SMILES string of the molecule is [Cl][Rh]([Cl])[Cl].[Cr+6].[O-2].[O-2].[O-2]. The molecule has 0 heterocycles. The van der Waals surface area contributed by atoms with E-state index in [2.05, 4.69) is 0 Å². The molecule has 0 aromatic carbocycles. The summed E-state index contributed by atoms with van der Waals surface area (Å²) in [6.45, 7) is 0. The molecule has 8 heteroatoms. The van der Waals surface area contributed by atoms with Crippen LogP contribution in [0.3, 0.4) is 0 Å². The molecule has 8 heavy (non-hydrogen) atoms. The Morgan fingerprint density at radius 2 is 0.750 bits per heavy atom. The third kappa shape index (κ3) is 104. The zero-order valence-electron chi connectivity index (χ0n) is 3.10. The summed E-state index contributed by atoms with van der Waals surface area (Å²) in [6, 6.07) is 0. The van der Waals surface area contributed by atoms with Gasteiger partial charge in [0.05, 0.1) is 0 Å². The zero-order valence-corrected chi connectivity index (χ0v) is 8.28. The Morgan fingerprint density at radius 1 is 0.750 bits per heavy atom. The molecule has 0 amide bonds. The fraction of sp³-hybridized carbons (Fsp3) is 0. The van der Waals surface area contributed by atoms with Gasteiger partial charge < -0.3 is 16.4 Å². The van der Waals surface area contributed by atoms with E-state index in [1.54, 1.807) is 0 Å². The molecule has 0 aromatic heterocycles. The van der Waals surface area contributed by atoms with Crippen LogP contribution in [-0.2, 0) is 46.8 Å². The van der Waals surface area contributed by atoms with Crippen molar-refractivity contribution in [1.29, 1.82) is 0 Å². The van der Waals surface area contributed by atoms with Gasteiger partial charge in [-0.3, -0.25) is 0 Å². The van der Waals surface area contributed by atoms with Crippen molar-refractivity contribution in [3.8, 4) is 0 Å². The maximum atomic E-state index is 4.94. The van der Waals surface area contributed by atoms with Crippen LogP contribution < -0.4 is 0 Å². The van der Waals surface area contributed by atoms with E-state index in [1.165, 1.54) is 0 Å². The predicted octanol–water partition coefficient (Wildman–Crippen LogP) is 1.71. The van der Waals surface area contributed by atoms with Gasteiger partial charge in [0.1, 0.15) is 0 Å². The molecule has 0 unspecified atom stereocenters. The second kappa shape index (κ2) is 23.1. The Morgan fingerprint density at radius 3 is 0.750 bits per heavy atom. The molecule has 0 aliphatic rings. The fourth-order valence-electron chi connectivity index (χ4n) is 0. The van der Waals surface area contributed by atoms with E-state index in [0.717, 1.165) is 0 Å². The van der Waals surface area contributed by atoms with Crippen molar-refractivity contribution in [2.24, 2.45) is 0 Å². The number of halogens is 3. The smallest absolute Gasteiger partial charge is 2.00 e. The van der Waals surface area contributed by atoms with Gasteiger partial charge in [-0.1, -0.05) is 0 Å². The number of hydrogen-bond acceptors (Lipinski definition) is 0. The first-order valence-corrected chi connectivity index (χ1v) is 6.71. The van der Waals surface area contributed by atoms with Crippen LogP contribution in [0.1, 0.15) is 0 Å². The normalized spacial score (nSPS) is 5.62. The summed E-state index contributed by atoms with van der Waals surface area (Å²) in [5.74, 6) is 0. The van der Waals surface area contributed by atoms with Gasteiger partial charge in [0, 0.05) is 0 Å². The van der Waals surface area contributed by atoms with Crippen LogP contribution in [0.2, 0.25) is 0 Å². The minimum Gasteiger partial charge on any atom is -2.00 e. The molecule has 0 bridgehead atoms. The zero-order chi connectivity index (χ0) is 3.58. The average molecular weight is 309 g/mol. The van der Waals surface area contributed by atoms with Gasteiger partial charge in [-0.15, -0.1) is 0 Å². The molecule has 0 saturated carbocycles. The first-order chi connectivity index (χ1) is 1.73. The molecule has 54 valence electrons. The molecule has 3 nitrogen and oxygen atoms in total. The van der Waals surface area contributed by atoms with Crippen molar-refractivity contribution in [1.82, 2.24) is 0 Å². The van der Waals surface area contributed by atoms with E-state index in [9.17, 15) is 0 Å². The molecule has 0 aliphatic heterocycles. The molecular formula is Cl3CrO3Rh. The summed E-state index contributed by atoms with van der Waals surface area (Å²) < 4.78 is 0. The fourth-order valence-corrected chi connectivity index (χ4v) is 0. The van der Waals surface area contributed by atoms with E-state index in [1.807, 2.05) is 0 Å². The third-order valence-electron chi connectivity index (χ3n) is 0. The quantitative estimate of drug-likeness (QED) is 0.610. The van der Waals surface area contributed by atoms with E-state index in [4.69, 9.17) is 29.1 Å². The number of rotatable bonds is 0. The maximum Gasteiger partial charge on any atom is 6.00 e. The molecular weight excluding hydrogens is 309 g/mol. The van der Waals surface area contributed by atoms with Crippen molar-refractivity contribution in [2.75, 3.05) is 0 Å². The average Bonchev–Trinajstić information content (AvgIpc) is 0.811. The van der Waals surface area contributed by atoms with Gasteiger partial charge in [-0.2, -0.15) is 0 Å². The number of hydrogen-bond donors (Lipinski definition) is 0. The Bertz CT molecular complexity index is 19.2. The summed E-state index contributed by atoms with van der Waals surface area (Å²) in [7, 11) is 14.8. The molecule has 0 fully saturated rings. The molecule has 0 spiro atoms. The summed E-state index contributed by atoms with van der Waals surface area (Å²) in [5.41, 5.74) is 0. The topological polar surface area (TPSA) is 85.5 Å². The minimum atomic E-state index is -1.66. The third-order valence-corrected chi connectivity index (χ3v) is 0. The van der Waals surface area contributed by atoms with Gasteiger partial charge in [0.15, 0.2) is 0 Å². The molecule has 0 aromatic rings. The molecule has 0 aliphatic carbocycles. The molecule has 0 radical (unpaired) electrons. The second-order valence-corrected chi connectivity index (χ2v) is 7.61. The van der Waals surface area contributed by atoms with Crippen LogP contribution in [0.4, 0.5) is 0 Å². The van der Waals surface area contributed by atoms with Crippen molar-refractivity contribution >= 4 is 29.1 Å². The van der Waals surface area contributed by atoms with E-state index in [0.29, 0.717) is 0 Å². The predicted molar refractivity (Wildman–Crippen MR) is 19.6 cm³/mol. The van der Waals surface area contributed by atoms with Crippen LogP contribution in [0.5, 0.6) is 0 Å². The Labute approximate surface area is 75.4 Å². The van der Waals surface area contributed by atoms with Gasteiger partial charge in [0.25, 0.3) is 0 Å². The van der Waals surface area contributed by atoms with Crippen LogP contribution in [-0.4, -0.2) is 0 Å². The Balaban J connectivity index is -0.00000000750. The first-order valence-electron chi connectivity index (χ1n) is 0.378. The summed E-state index contributed by atoms with van der Waals surface area (Å²) in [5, 5.41) is 0.